The molecule has 0 saturated carbocycles. The van der Waals surface area contributed by atoms with Gasteiger partial charge in [-0.1, -0.05) is 178 Å². The van der Waals surface area contributed by atoms with Gasteiger partial charge in [-0.15, -0.1) is 0 Å². The second kappa shape index (κ2) is 12.1. The predicted octanol–water partition coefficient (Wildman–Crippen LogP) is 14.1. The predicted molar refractivity (Wildman–Crippen MR) is 231 cm³/mol. The first-order chi connectivity index (χ1) is 27.0. The van der Waals surface area contributed by atoms with Crippen LogP contribution in [0.2, 0.25) is 0 Å². The van der Waals surface area contributed by atoms with Crippen LogP contribution in [0.1, 0.15) is 25.0 Å². The van der Waals surface area contributed by atoms with E-state index in [2.05, 4.69) is 190 Å². The Balaban J connectivity index is 1.07. The molecule has 0 N–H and O–H groups in total. The van der Waals surface area contributed by atoms with Gasteiger partial charge < -0.3 is 0 Å². The van der Waals surface area contributed by atoms with Gasteiger partial charge in [0.15, 0.2) is 5.82 Å². The van der Waals surface area contributed by atoms with Crippen molar-refractivity contribution in [3.05, 3.63) is 193 Å². The highest BCUT2D eigenvalue weighted by molar-refractivity contribution is 6.25. The lowest BCUT2D eigenvalue weighted by molar-refractivity contribution is 0.658. The Morgan fingerprint density at radius 1 is 0.345 bits per heavy atom. The Morgan fingerprint density at radius 2 is 0.836 bits per heavy atom. The normalized spacial score (nSPS) is 13.1. The van der Waals surface area contributed by atoms with E-state index in [1.807, 2.05) is 6.07 Å². The van der Waals surface area contributed by atoms with Crippen molar-refractivity contribution in [3.63, 3.8) is 0 Å². The number of hydrogen-bond donors (Lipinski definition) is 0. The second-order valence-corrected chi connectivity index (χ2v) is 15.3. The van der Waals surface area contributed by atoms with Crippen LogP contribution < -0.4 is 0 Å². The molecule has 55 heavy (non-hydrogen) atoms. The van der Waals surface area contributed by atoms with Gasteiger partial charge in [0.1, 0.15) is 0 Å². The molecule has 1 heterocycles. The van der Waals surface area contributed by atoms with Crippen molar-refractivity contribution in [2.75, 3.05) is 0 Å². The summed E-state index contributed by atoms with van der Waals surface area (Å²) in [5.74, 6) is 0.745. The number of hydrogen-bond acceptors (Lipinski definition) is 2. The van der Waals surface area contributed by atoms with Gasteiger partial charge in [0.25, 0.3) is 0 Å². The van der Waals surface area contributed by atoms with E-state index in [0.29, 0.717) is 0 Å². The minimum Gasteiger partial charge on any atom is -0.228 e. The zero-order valence-electron chi connectivity index (χ0n) is 30.7. The number of rotatable bonds is 4. The van der Waals surface area contributed by atoms with E-state index in [9.17, 15) is 0 Å². The van der Waals surface area contributed by atoms with Crippen molar-refractivity contribution in [3.8, 4) is 56.2 Å². The summed E-state index contributed by atoms with van der Waals surface area (Å²) in [7, 11) is 0. The van der Waals surface area contributed by atoms with Crippen LogP contribution in [0.15, 0.2) is 182 Å². The first kappa shape index (κ1) is 31.6. The van der Waals surface area contributed by atoms with Gasteiger partial charge >= 0.3 is 0 Å². The molecule has 0 fully saturated rings. The van der Waals surface area contributed by atoms with E-state index in [4.69, 9.17) is 9.97 Å². The molecular weight excluding hydrogens is 665 g/mol. The molecule has 2 heteroatoms. The molecule has 0 atom stereocenters. The molecule has 0 aliphatic heterocycles. The summed E-state index contributed by atoms with van der Waals surface area (Å²) < 4.78 is 0. The number of aromatic nitrogens is 2. The summed E-state index contributed by atoms with van der Waals surface area (Å²) in [6.07, 6.45) is 0. The van der Waals surface area contributed by atoms with Gasteiger partial charge in [-0.3, -0.25) is 0 Å². The minimum atomic E-state index is -0.291. The third-order valence-corrected chi connectivity index (χ3v) is 11.8. The summed E-state index contributed by atoms with van der Waals surface area (Å²) in [6, 6.07) is 66.0. The first-order valence-corrected chi connectivity index (χ1v) is 19.1. The van der Waals surface area contributed by atoms with E-state index in [1.165, 1.54) is 76.5 Å². The molecule has 1 aliphatic carbocycles. The number of nitrogens with zero attached hydrogens (tertiary/aromatic N) is 2. The lowest BCUT2D eigenvalue weighted by Gasteiger charge is -2.24. The molecular formula is C53H36N2. The van der Waals surface area contributed by atoms with Crippen molar-refractivity contribution in [2.24, 2.45) is 0 Å². The third kappa shape index (κ3) is 4.88. The second-order valence-electron chi connectivity index (χ2n) is 15.3. The van der Waals surface area contributed by atoms with Gasteiger partial charge in [0, 0.05) is 27.7 Å². The summed E-state index contributed by atoms with van der Waals surface area (Å²) in [5.41, 5.74) is 12.3. The molecule has 258 valence electrons. The lowest BCUT2D eigenvalue weighted by atomic mass is 9.80. The van der Waals surface area contributed by atoms with Crippen LogP contribution in [-0.2, 0) is 5.41 Å². The van der Waals surface area contributed by atoms with E-state index in [-0.39, 0.29) is 5.41 Å². The SMILES string of the molecule is CC1(C)c2ccc3ccccc3c2-c2nc(-c3ccccc3)nc(-c3cccc(-c4cccc(-c5ccc6c7ccccc7c7ccccc7c6c5)c4)c3)c21. The summed E-state index contributed by atoms with van der Waals surface area (Å²) in [4.78, 5) is 10.8. The fraction of sp³-hybridized carbons (Fsp3) is 0.0566. The fourth-order valence-electron chi connectivity index (χ4n) is 9.15. The lowest BCUT2D eigenvalue weighted by Crippen LogP contribution is -2.17. The van der Waals surface area contributed by atoms with Gasteiger partial charge in [0.05, 0.1) is 11.4 Å². The molecule has 0 radical (unpaired) electrons. The van der Waals surface area contributed by atoms with E-state index in [1.54, 1.807) is 0 Å². The van der Waals surface area contributed by atoms with E-state index in [0.717, 1.165) is 33.9 Å². The van der Waals surface area contributed by atoms with Crippen molar-refractivity contribution in [1.29, 1.82) is 0 Å². The Morgan fingerprint density at radius 3 is 1.51 bits per heavy atom. The maximum Gasteiger partial charge on any atom is 0.160 e. The molecule has 0 spiro atoms. The average Bonchev–Trinajstić information content (AvgIpc) is 3.49. The summed E-state index contributed by atoms with van der Waals surface area (Å²) in [5, 5.41) is 10.2. The van der Waals surface area contributed by atoms with Crippen molar-refractivity contribution in [1.82, 2.24) is 9.97 Å². The maximum absolute atomic E-state index is 5.41. The fourth-order valence-corrected chi connectivity index (χ4v) is 9.15. The Hall–Kier alpha value is -6.90. The van der Waals surface area contributed by atoms with Gasteiger partial charge in [-0.25, -0.2) is 9.97 Å². The molecule has 10 aromatic rings. The molecule has 1 aliphatic rings. The maximum atomic E-state index is 5.41. The smallest absolute Gasteiger partial charge is 0.160 e. The van der Waals surface area contributed by atoms with Crippen LogP contribution in [0, 0.1) is 0 Å². The zero-order valence-corrected chi connectivity index (χ0v) is 30.7. The first-order valence-electron chi connectivity index (χ1n) is 19.1. The molecule has 0 saturated heterocycles. The van der Waals surface area contributed by atoms with Gasteiger partial charge in [-0.2, -0.15) is 0 Å². The quantitative estimate of drug-likeness (QED) is 0.171. The zero-order chi connectivity index (χ0) is 36.7. The molecule has 0 bridgehead atoms. The van der Waals surface area contributed by atoms with Crippen LogP contribution >= 0.6 is 0 Å². The monoisotopic (exact) mass is 700 g/mol. The molecule has 9 aromatic carbocycles. The molecule has 2 nitrogen and oxygen atoms in total. The largest absolute Gasteiger partial charge is 0.228 e. The van der Waals surface area contributed by atoms with Crippen LogP contribution in [0.4, 0.5) is 0 Å². The van der Waals surface area contributed by atoms with Crippen molar-refractivity contribution < 1.29 is 0 Å². The Kier molecular flexibility index (Phi) is 6.93. The molecule has 11 rings (SSSR count). The standard InChI is InChI=1S/C53H36N2/c1-53(2)47-29-27-33-14-6-7-21-40(33)48(47)51-49(53)50(54-52(55-51)34-15-4-3-5-16-34)39-20-13-19-37(31-39)35-17-12-18-36(30-35)38-26-28-45-43-24-9-8-22-41(43)42-23-10-11-25-44(42)46(45)32-38/h3-32H,1-2H3. The van der Waals surface area contributed by atoms with Crippen LogP contribution in [0.3, 0.4) is 0 Å². The van der Waals surface area contributed by atoms with Crippen LogP contribution in [0.25, 0.3) is 99.2 Å². The Labute approximate surface area is 320 Å². The summed E-state index contributed by atoms with van der Waals surface area (Å²) >= 11 is 0. The number of fused-ring (bicyclic) bond motifs is 11. The number of benzene rings is 9. The topological polar surface area (TPSA) is 25.8 Å². The van der Waals surface area contributed by atoms with Crippen LogP contribution in [0.5, 0.6) is 0 Å². The highest BCUT2D eigenvalue weighted by Gasteiger charge is 2.41. The molecule has 0 unspecified atom stereocenters. The van der Waals surface area contributed by atoms with E-state index >= 15 is 0 Å². The Bertz CT molecular complexity index is 3140. The van der Waals surface area contributed by atoms with E-state index < -0.39 is 0 Å². The average molecular weight is 701 g/mol. The van der Waals surface area contributed by atoms with Gasteiger partial charge in [0.2, 0.25) is 0 Å². The van der Waals surface area contributed by atoms with Crippen molar-refractivity contribution >= 4 is 43.1 Å². The highest BCUT2D eigenvalue weighted by Crippen LogP contribution is 2.53. The van der Waals surface area contributed by atoms with Crippen molar-refractivity contribution in [2.45, 2.75) is 19.3 Å². The van der Waals surface area contributed by atoms with Crippen LogP contribution in [-0.4, -0.2) is 9.97 Å². The highest BCUT2D eigenvalue weighted by atomic mass is 14.9. The molecule has 1 aromatic heterocycles. The minimum absolute atomic E-state index is 0.291. The summed E-state index contributed by atoms with van der Waals surface area (Å²) in [6.45, 7) is 4.65. The van der Waals surface area contributed by atoms with Gasteiger partial charge in [-0.05, 0) is 89.1 Å². The molecule has 0 amide bonds. The third-order valence-electron chi connectivity index (χ3n) is 11.8.